The first-order valence-electron chi connectivity index (χ1n) is 8.88. The van der Waals surface area contributed by atoms with Gasteiger partial charge in [-0.2, -0.15) is 0 Å². The average molecular weight is 524 g/mol. The van der Waals surface area contributed by atoms with Gasteiger partial charge in [0.25, 0.3) is 0 Å². The zero-order chi connectivity index (χ0) is 19.9. The van der Waals surface area contributed by atoms with Crippen molar-refractivity contribution in [1.29, 1.82) is 0 Å². The minimum absolute atomic E-state index is 0. The summed E-state index contributed by atoms with van der Waals surface area (Å²) in [5.74, 6) is 0. The molecular weight excluding hydrogens is 503 g/mol. The van der Waals surface area contributed by atoms with Gasteiger partial charge in [0.05, 0.1) is 17.2 Å². The third kappa shape index (κ3) is 6.26. The first-order chi connectivity index (χ1) is 13.6. The van der Waals surface area contributed by atoms with Crippen molar-refractivity contribution in [1.82, 2.24) is 4.98 Å². The Morgan fingerprint density at radius 2 is 2.00 bits per heavy atom. The number of hydrogen-bond acceptors (Lipinski definition) is 7. The Labute approximate surface area is 190 Å². The number of aromatic nitrogens is 2. The first-order valence-corrected chi connectivity index (χ1v) is 9.70. The van der Waals surface area contributed by atoms with Gasteiger partial charge in [0.15, 0.2) is 18.9 Å². The Hall–Kier alpha value is -2.47. The van der Waals surface area contributed by atoms with E-state index in [9.17, 15) is 10.1 Å². The van der Waals surface area contributed by atoms with Crippen LogP contribution in [0.4, 0.5) is 21.5 Å². The molecule has 0 aliphatic heterocycles. The molecule has 152 valence electrons. The van der Waals surface area contributed by atoms with Gasteiger partial charge in [-0.25, -0.2) is 9.55 Å². The lowest BCUT2D eigenvalue weighted by atomic mass is 10.1. The number of nitrogens with zero attached hydrogens (tertiary/aromatic N) is 6. The molecular formula is C19H21IN6O2S. The zero-order valence-corrected chi connectivity index (χ0v) is 19.1. The van der Waals surface area contributed by atoms with Crippen LogP contribution >= 0.6 is 11.3 Å². The third-order valence-electron chi connectivity index (χ3n) is 4.24. The van der Waals surface area contributed by atoms with Gasteiger partial charge in [-0.1, -0.05) is 6.07 Å². The normalized spacial score (nSPS) is 10.7. The summed E-state index contributed by atoms with van der Waals surface area (Å²) in [4.78, 5) is 16.4. The lowest BCUT2D eigenvalue weighted by Crippen LogP contribution is -3.00. The van der Waals surface area contributed by atoms with Crippen molar-refractivity contribution in [2.45, 2.75) is 20.4 Å². The molecule has 0 aliphatic rings. The molecule has 10 heteroatoms. The Kier molecular flexibility index (Phi) is 8.58. The maximum Gasteiger partial charge on any atom is 0.345 e. The lowest BCUT2D eigenvalue weighted by Gasteiger charge is -2.22. The van der Waals surface area contributed by atoms with Crippen molar-refractivity contribution in [3.8, 4) is 0 Å². The van der Waals surface area contributed by atoms with Gasteiger partial charge in [0.1, 0.15) is 6.20 Å². The molecule has 0 saturated carbocycles. The van der Waals surface area contributed by atoms with Gasteiger partial charge < -0.3 is 28.9 Å². The molecule has 8 nitrogen and oxygen atoms in total. The fraction of sp³-hybridized carbons (Fsp3) is 0.263. The summed E-state index contributed by atoms with van der Waals surface area (Å²) in [6.45, 7) is 6.80. The van der Waals surface area contributed by atoms with E-state index in [1.165, 1.54) is 6.20 Å². The molecule has 0 unspecified atom stereocenters. The maximum atomic E-state index is 10.7. The molecule has 29 heavy (non-hydrogen) atoms. The number of hydrogen-bond donors (Lipinski definition) is 0. The van der Waals surface area contributed by atoms with Crippen molar-refractivity contribution in [3.63, 3.8) is 0 Å². The Morgan fingerprint density at radius 1 is 1.24 bits per heavy atom. The van der Waals surface area contributed by atoms with Gasteiger partial charge in [-0.3, -0.25) is 10.1 Å². The van der Waals surface area contributed by atoms with Crippen LogP contribution in [-0.4, -0.2) is 23.0 Å². The molecule has 0 N–H and O–H groups in total. The zero-order valence-electron chi connectivity index (χ0n) is 16.1. The molecule has 0 aliphatic carbocycles. The number of benzene rings is 1. The van der Waals surface area contributed by atoms with Crippen LogP contribution in [0.3, 0.4) is 0 Å². The highest BCUT2D eigenvalue weighted by atomic mass is 127. The van der Waals surface area contributed by atoms with Crippen molar-refractivity contribution in [3.05, 3.63) is 70.7 Å². The number of nitro groups is 1. The molecule has 1 aromatic carbocycles. The van der Waals surface area contributed by atoms with Gasteiger partial charge in [-0.05, 0) is 48.9 Å². The molecule has 0 atom stereocenters. The Bertz CT molecular complexity index is 980. The molecule has 3 rings (SSSR count). The first kappa shape index (κ1) is 22.8. The van der Waals surface area contributed by atoms with Crippen LogP contribution in [0.1, 0.15) is 12.5 Å². The van der Waals surface area contributed by atoms with Crippen LogP contribution in [0.15, 0.2) is 65.2 Å². The summed E-state index contributed by atoms with van der Waals surface area (Å²) in [7, 11) is 0. The van der Waals surface area contributed by atoms with Gasteiger partial charge in [0, 0.05) is 24.4 Å². The van der Waals surface area contributed by atoms with E-state index in [0.29, 0.717) is 0 Å². The number of likely N-dealkylation sites (N-methyl/N-ethyl adjacent to an activating group) is 1. The van der Waals surface area contributed by atoms with E-state index in [1.54, 1.807) is 0 Å². The second kappa shape index (κ2) is 10.9. The average Bonchev–Trinajstić information content (AvgIpc) is 3.18. The number of pyridine rings is 1. The van der Waals surface area contributed by atoms with E-state index >= 15 is 0 Å². The second-order valence-electron chi connectivity index (χ2n) is 6.10. The van der Waals surface area contributed by atoms with E-state index in [0.717, 1.165) is 47.9 Å². The third-order valence-corrected chi connectivity index (χ3v) is 5.07. The highest BCUT2D eigenvalue weighted by molar-refractivity contribution is 7.18. The van der Waals surface area contributed by atoms with E-state index in [-0.39, 0.29) is 34.1 Å². The highest BCUT2D eigenvalue weighted by Gasteiger charge is 2.12. The van der Waals surface area contributed by atoms with Crippen molar-refractivity contribution < 1.29 is 33.5 Å². The quantitative estimate of drug-likeness (QED) is 0.147. The molecule has 0 saturated heterocycles. The van der Waals surface area contributed by atoms with Crippen molar-refractivity contribution >= 4 is 32.8 Å². The maximum absolute atomic E-state index is 10.7. The summed E-state index contributed by atoms with van der Waals surface area (Å²) < 4.78 is 2.16. The molecule has 0 spiro atoms. The van der Waals surface area contributed by atoms with Crippen LogP contribution in [0.5, 0.6) is 0 Å². The fourth-order valence-corrected chi connectivity index (χ4v) is 3.28. The summed E-state index contributed by atoms with van der Waals surface area (Å²) in [5, 5.41) is 19.2. The summed E-state index contributed by atoms with van der Waals surface area (Å²) >= 11 is 0.901. The second-order valence-corrected chi connectivity index (χ2v) is 7.09. The Balaban J connectivity index is 0.00000300. The van der Waals surface area contributed by atoms with Crippen LogP contribution in [0.2, 0.25) is 0 Å². The molecule has 0 radical (unpaired) electrons. The number of thiazole rings is 1. The van der Waals surface area contributed by atoms with E-state index in [4.69, 9.17) is 0 Å². The SMILES string of the molecule is CCN(CC[n+]1ccccc1)c1ccc(N=Nc2ncc([N+](=O)[O-])s2)c(C)c1.[I-]. The topological polar surface area (TPSA) is 87.9 Å². The molecule has 2 aromatic heterocycles. The molecule has 2 heterocycles. The van der Waals surface area contributed by atoms with Crippen LogP contribution in [0.25, 0.3) is 0 Å². The fourth-order valence-electron chi connectivity index (χ4n) is 2.72. The van der Waals surface area contributed by atoms with Crippen molar-refractivity contribution in [2.24, 2.45) is 10.2 Å². The van der Waals surface area contributed by atoms with Crippen LogP contribution in [0, 0.1) is 17.0 Å². The van der Waals surface area contributed by atoms with E-state index in [1.807, 2.05) is 37.3 Å². The minimum Gasteiger partial charge on any atom is -1.00 e. The van der Waals surface area contributed by atoms with E-state index in [2.05, 4.69) is 50.1 Å². The molecule has 0 amide bonds. The van der Waals surface area contributed by atoms with Gasteiger partial charge in [0.2, 0.25) is 5.13 Å². The molecule has 3 aromatic rings. The minimum atomic E-state index is -0.482. The Morgan fingerprint density at radius 3 is 2.62 bits per heavy atom. The number of azo groups is 1. The number of aryl methyl sites for hydroxylation is 1. The summed E-state index contributed by atoms with van der Waals surface area (Å²) in [6.07, 6.45) is 5.32. The number of anilines is 1. The molecule has 0 fully saturated rings. The lowest BCUT2D eigenvalue weighted by molar-refractivity contribution is -0.694. The smallest absolute Gasteiger partial charge is 0.345 e. The molecule has 0 bridgehead atoms. The van der Waals surface area contributed by atoms with Gasteiger partial charge >= 0.3 is 5.00 Å². The monoisotopic (exact) mass is 524 g/mol. The predicted octanol–water partition coefficient (Wildman–Crippen LogP) is 1.59. The van der Waals surface area contributed by atoms with Crippen LogP contribution < -0.4 is 33.4 Å². The standard InChI is InChI=1S/C19H21N6O2S.HI/c1-3-24(12-11-23-9-5-4-6-10-23)16-7-8-17(15(2)13-16)21-22-19-20-14-18(28-19)25(26)27;/h4-10,13-14H,3,11-12H2,1-2H3;1H/q+1;/p-1. The number of rotatable bonds is 8. The largest absolute Gasteiger partial charge is 1.00 e. The van der Waals surface area contributed by atoms with Crippen LogP contribution in [-0.2, 0) is 6.54 Å². The number of halogens is 1. The van der Waals surface area contributed by atoms with Gasteiger partial charge in [-0.15, -0.1) is 10.2 Å². The summed E-state index contributed by atoms with van der Waals surface area (Å²) in [5.41, 5.74) is 2.83. The predicted molar refractivity (Wildman–Crippen MR) is 109 cm³/mol. The highest BCUT2D eigenvalue weighted by Crippen LogP contribution is 2.30. The van der Waals surface area contributed by atoms with E-state index < -0.39 is 4.92 Å². The summed E-state index contributed by atoms with van der Waals surface area (Å²) in [6, 6.07) is 12.1. The van der Waals surface area contributed by atoms with Crippen molar-refractivity contribution in [2.75, 3.05) is 18.0 Å².